The fraction of sp³-hybridized carbons (Fsp3) is 0.231. The Bertz CT molecular complexity index is 1300. The van der Waals surface area contributed by atoms with Crippen LogP contribution < -0.4 is 23.8 Å². The van der Waals surface area contributed by atoms with Gasteiger partial charge in [-0.25, -0.2) is 4.79 Å². The predicted molar refractivity (Wildman–Crippen MR) is 121 cm³/mol. The number of rotatable bonds is 5. The number of carbonyl (C=O) groups excluding carboxylic acids is 1. The fourth-order valence-electron chi connectivity index (χ4n) is 4.89. The van der Waals surface area contributed by atoms with Crippen molar-refractivity contribution in [2.45, 2.75) is 12.0 Å². The molecule has 1 spiro atoms. The van der Waals surface area contributed by atoms with E-state index in [1.165, 1.54) is 0 Å². The van der Waals surface area contributed by atoms with Gasteiger partial charge < -0.3 is 29.0 Å². The third-order valence-corrected chi connectivity index (χ3v) is 6.44. The molecule has 3 aromatic carbocycles. The second-order valence-corrected chi connectivity index (χ2v) is 8.42. The van der Waals surface area contributed by atoms with Gasteiger partial charge in [0.1, 0.15) is 36.7 Å². The van der Waals surface area contributed by atoms with Crippen molar-refractivity contribution in [3.8, 4) is 23.0 Å². The predicted octanol–water partition coefficient (Wildman–Crippen LogP) is 3.15. The minimum Gasteiger partial charge on any atom is -0.491 e. The third-order valence-electron chi connectivity index (χ3n) is 6.44. The van der Waals surface area contributed by atoms with Crippen LogP contribution in [0.25, 0.3) is 0 Å². The molecule has 8 nitrogen and oxygen atoms in total. The van der Waals surface area contributed by atoms with Crippen molar-refractivity contribution < 1.29 is 33.6 Å². The number of carboxylic acids is 1. The molecule has 0 radical (unpaired) electrons. The quantitative estimate of drug-likeness (QED) is 0.626. The van der Waals surface area contributed by atoms with Gasteiger partial charge in [-0.05, 0) is 35.4 Å². The van der Waals surface area contributed by atoms with Crippen molar-refractivity contribution in [2.24, 2.45) is 0 Å². The minimum atomic E-state index is -1.04. The maximum atomic E-state index is 14.0. The van der Waals surface area contributed by atoms with Crippen molar-refractivity contribution in [1.82, 2.24) is 0 Å². The van der Waals surface area contributed by atoms with Gasteiger partial charge in [-0.1, -0.05) is 30.3 Å². The van der Waals surface area contributed by atoms with Crippen molar-refractivity contribution in [3.63, 3.8) is 0 Å². The van der Waals surface area contributed by atoms with Gasteiger partial charge in [0.15, 0.2) is 18.1 Å². The normalized spacial score (nSPS) is 19.5. The van der Waals surface area contributed by atoms with E-state index in [1.54, 1.807) is 17.0 Å². The maximum Gasteiger partial charge on any atom is 0.341 e. The van der Waals surface area contributed by atoms with Gasteiger partial charge in [-0.2, -0.15) is 0 Å². The molecule has 0 aliphatic carbocycles. The molecule has 0 saturated heterocycles. The Morgan fingerprint density at radius 2 is 1.68 bits per heavy atom. The largest absolute Gasteiger partial charge is 0.491 e. The summed E-state index contributed by atoms with van der Waals surface area (Å²) in [6, 6.07) is 18.5. The van der Waals surface area contributed by atoms with Gasteiger partial charge in [0, 0.05) is 17.3 Å². The molecular weight excluding hydrogens is 438 g/mol. The van der Waals surface area contributed by atoms with Crippen LogP contribution in [0.5, 0.6) is 23.0 Å². The lowest BCUT2D eigenvalue weighted by Crippen LogP contribution is -2.42. The SMILES string of the molecule is O=C(O)COc1ccc(CN2C(=O)C3(COc4cc5c(cc43)OCCO5)c3ccccc32)cc1. The first kappa shape index (κ1) is 20.4. The summed E-state index contributed by atoms with van der Waals surface area (Å²) in [6.07, 6.45) is 0. The van der Waals surface area contributed by atoms with Crippen LogP contribution in [0.1, 0.15) is 16.7 Å². The van der Waals surface area contributed by atoms with E-state index in [2.05, 4.69) is 0 Å². The molecule has 3 heterocycles. The van der Waals surface area contributed by atoms with Crippen molar-refractivity contribution >= 4 is 17.6 Å². The van der Waals surface area contributed by atoms with E-state index in [0.29, 0.717) is 42.8 Å². The molecule has 3 aliphatic heterocycles. The summed E-state index contributed by atoms with van der Waals surface area (Å²) in [5.74, 6) is 1.25. The molecule has 1 N–H and O–H groups in total. The van der Waals surface area contributed by atoms with Gasteiger partial charge in [0.25, 0.3) is 0 Å². The molecule has 0 saturated carbocycles. The van der Waals surface area contributed by atoms with Crippen LogP contribution in [0.3, 0.4) is 0 Å². The second-order valence-electron chi connectivity index (χ2n) is 8.42. The topological polar surface area (TPSA) is 94.5 Å². The molecular formula is C26H21NO7. The van der Waals surface area contributed by atoms with Crippen molar-refractivity contribution in [3.05, 3.63) is 77.4 Å². The number of benzene rings is 3. The molecule has 0 fully saturated rings. The highest BCUT2D eigenvalue weighted by molar-refractivity contribution is 6.11. The van der Waals surface area contributed by atoms with E-state index in [4.69, 9.17) is 24.1 Å². The molecule has 0 bridgehead atoms. The summed E-state index contributed by atoms with van der Waals surface area (Å²) in [6.45, 7) is 1.10. The molecule has 3 aromatic rings. The number of amides is 1. The molecule has 1 amide bonds. The Balaban J connectivity index is 1.35. The van der Waals surface area contributed by atoms with Gasteiger partial charge in [0.2, 0.25) is 5.91 Å². The molecule has 6 rings (SSSR count). The first-order valence-electron chi connectivity index (χ1n) is 11.0. The Kier molecular flexibility index (Phi) is 4.62. The van der Waals surface area contributed by atoms with Crippen LogP contribution in [-0.4, -0.2) is 43.4 Å². The number of hydrogen-bond donors (Lipinski definition) is 1. The first-order chi connectivity index (χ1) is 16.6. The molecule has 8 heteroatoms. The molecule has 0 aromatic heterocycles. The zero-order chi connectivity index (χ0) is 23.3. The van der Waals surface area contributed by atoms with Crippen molar-refractivity contribution in [2.75, 3.05) is 31.3 Å². The van der Waals surface area contributed by atoms with Crippen LogP contribution >= 0.6 is 0 Å². The van der Waals surface area contributed by atoms with Crippen LogP contribution in [0, 0.1) is 0 Å². The van der Waals surface area contributed by atoms with Gasteiger partial charge in [-0.3, -0.25) is 4.79 Å². The summed E-state index contributed by atoms with van der Waals surface area (Å²) in [5, 5.41) is 8.78. The number of anilines is 1. The highest BCUT2D eigenvalue weighted by Crippen LogP contribution is 2.55. The zero-order valence-corrected chi connectivity index (χ0v) is 18.2. The summed E-state index contributed by atoms with van der Waals surface area (Å²) < 4.78 is 22.7. The van der Waals surface area contributed by atoms with E-state index in [1.807, 2.05) is 48.5 Å². The lowest BCUT2D eigenvalue weighted by atomic mass is 9.77. The van der Waals surface area contributed by atoms with Crippen LogP contribution in [0.15, 0.2) is 60.7 Å². The Hall–Kier alpha value is -4.20. The lowest BCUT2D eigenvalue weighted by Gasteiger charge is -2.24. The van der Waals surface area contributed by atoms with Crippen LogP contribution in [0.4, 0.5) is 5.69 Å². The van der Waals surface area contributed by atoms with Gasteiger partial charge in [0.05, 0.1) is 6.54 Å². The van der Waals surface area contributed by atoms with Gasteiger partial charge in [-0.15, -0.1) is 0 Å². The van der Waals surface area contributed by atoms with Crippen molar-refractivity contribution in [1.29, 1.82) is 0 Å². The summed E-state index contributed by atoms with van der Waals surface area (Å²) in [5.41, 5.74) is 2.46. The summed E-state index contributed by atoms with van der Waals surface area (Å²) >= 11 is 0. The number of aliphatic carboxylic acids is 1. The van der Waals surface area contributed by atoms with Gasteiger partial charge >= 0.3 is 5.97 Å². The number of hydrogen-bond acceptors (Lipinski definition) is 6. The average molecular weight is 459 g/mol. The molecule has 1 atom stereocenters. The van der Waals surface area contributed by atoms with E-state index < -0.39 is 18.0 Å². The molecule has 172 valence electrons. The summed E-state index contributed by atoms with van der Waals surface area (Å²) in [4.78, 5) is 26.5. The van der Waals surface area contributed by atoms with E-state index in [0.717, 1.165) is 22.4 Å². The highest BCUT2D eigenvalue weighted by Gasteiger charge is 2.57. The number of carboxylic acid groups (broad SMARTS) is 1. The Labute approximate surface area is 195 Å². The number of para-hydroxylation sites is 1. The van der Waals surface area contributed by atoms with Crippen LogP contribution in [0.2, 0.25) is 0 Å². The second kappa shape index (κ2) is 7.69. The lowest BCUT2D eigenvalue weighted by molar-refractivity contribution is -0.139. The molecule has 3 aliphatic rings. The summed E-state index contributed by atoms with van der Waals surface area (Å²) in [7, 11) is 0. The van der Waals surface area contributed by atoms with E-state index in [-0.39, 0.29) is 12.5 Å². The van der Waals surface area contributed by atoms with E-state index in [9.17, 15) is 9.59 Å². The molecule has 1 unspecified atom stereocenters. The number of ether oxygens (including phenoxy) is 4. The number of nitrogens with zero attached hydrogens (tertiary/aromatic N) is 1. The first-order valence-corrected chi connectivity index (χ1v) is 11.0. The Morgan fingerprint density at radius 3 is 2.44 bits per heavy atom. The monoisotopic (exact) mass is 459 g/mol. The molecule has 34 heavy (non-hydrogen) atoms. The number of fused-ring (bicyclic) bond motifs is 5. The fourth-order valence-corrected chi connectivity index (χ4v) is 4.89. The maximum absolute atomic E-state index is 14.0. The van der Waals surface area contributed by atoms with E-state index >= 15 is 0 Å². The standard InChI is InChI=1S/C26H21NO7/c28-24(29)14-33-17-7-5-16(6-8-17)13-27-20-4-2-1-3-18(20)26(25(27)30)15-34-21-12-23-22(11-19(21)26)31-9-10-32-23/h1-8,11-12H,9-10,13-15H2,(H,28,29). The minimum absolute atomic E-state index is 0.0599. The third kappa shape index (κ3) is 3.06. The number of carbonyl (C=O) groups is 2. The highest BCUT2D eigenvalue weighted by atomic mass is 16.6. The van der Waals surface area contributed by atoms with Crippen LogP contribution in [-0.2, 0) is 21.5 Å². The average Bonchev–Trinajstić information content (AvgIpc) is 3.34. The smallest absolute Gasteiger partial charge is 0.341 e. The Morgan fingerprint density at radius 1 is 0.941 bits per heavy atom. The zero-order valence-electron chi connectivity index (χ0n) is 18.2.